The van der Waals surface area contributed by atoms with Crippen LogP contribution in [0.2, 0.25) is 0 Å². The van der Waals surface area contributed by atoms with E-state index in [0.29, 0.717) is 11.3 Å². The number of carboxylic acid groups (broad SMARTS) is 1. The molecule has 6 heteroatoms. The van der Waals surface area contributed by atoms with Crippen molar-refractivity contribution >= 4 is 5.97 Å². The highest BCUT2D eigenvalue weighted by Gasteiger charge is 2.18. The number of para-hydroxylation sites is 1. The molecule has 0 amide bonds. The van der Waals surface area contributed by atoms with Crippen LogP contribution in [0.5, 0.6) is 0 Å². The summed E-state index contributed by atoms with van der Waals surface area (Å²) in [6, 6.07) is 10.8. The summed E-state index contributed by atoms with van der Waals surface area (Å²) in [7, 11) is 0. The van der Waals surface area contributed by atoms with Gasteiger partial charge in [0.2, 0.25) is 0 Å². The van der Waals surface area contributed by atoms with Crippen LogP contribution in [0.1, 0.15) is 10.5 Å². The molecule has 0 spiro atoms. The minimum Gasteiger partial charge on any atom is -0.477 e. The van der Waals surface area contributed by atoms with Crippen LogP contribution < -0.4 is 0 Å². The van der Waals surface area contributed by atoms with Crippen LogP contribution in [0.3, 0.4) is 0 Å². The molecule has 0 unspecified atom stereocenters. The molecule has 5 nitrogen and oxygen atoms in total. The number of carboxylic acids is 1. The first kappa shape index (κ1) is 13.0. The second kappa shape index (κ2) is 5.16. The number of aromatic nitrogens is 3. The van der Waals surface area contributed by atoms with E-state index in [-0.39, 0.29) is 11.4 Å². The Morgan fingerprint density at radius 2 is 2.00 bits per heavy atom. The third kappa shape index (κ3) is 2.38. The van der Waals surface area contributed by atoms with E-state index < -0.39 is 11.8 Å². The summed E-state index contributed by atoms with van der Waals surface area (Å²) in [6.45, 7) is 0. The summed E-state index contributed by atoms with van der Waals surface area (Å²) in [5.41, 5.74) is 1.06. The molecule has 2 heterocycles. The molecule has 0 fully saturated rings. The molecule has 0 aliphatic carbocycles. The maximum Gasteiger partial charge on any atom is 0.354 e. The summed E-state index contributed by atoms with van der Waals surface area (Å²) in [5, 5.41) is 13.5. The summed E-state index contributed by atoms with van der Waals surface area (Å²) >= 11 is 0. The number of hydrogen-bond donors (Lipinski definition) is 1. The Labute approximate surface area is 119 Å². The van der Waals surface area contributed by atoms with Gasteiger partial charge in [0.15, 0.2) is 5.69 Å². The van der Waals surface area contributed by atoms with Gasteiger partial charge in [0.25, 0.3) is 0 Å². The van der Waals surface area contributed by atoms with Crippen molar-refractivity contribution in [2.45, 2.75) is 0 Å². The average Bonchev–Trinajstić information content (AvgIpc) is 2.94. The van der Waals surface area contributed by atoms with E-state index in [1.165, 1.54) is 24.3 Å². The molecule has 21 heavy (non-hydrogen) atoms. The molecule has 2 aromatic heterocycles. The zero-order chi connectivity index (χ0) is 14.8. The second-order valence-corrected chi connectivity index (χ2v) is 4.32. The van der Waals surface area contributed by atoms with Crippen LogP contribution in [-0.4, -0.2) is 25.8 Å². The smallest absolute Gasteiger partial charge is 0.354 e. The van der Waals surface area contributed by atoms with Crippen molar-refractivity contribution in [1.82, 2.24) is 14.8 Å². The Bertz CT molecular complexity index is 800. The highest BCUT2D eigenvalue weighted by atomic mass is 19.1. The van der Waals surface area contributed by atoms with Gasteiger partial charge in [-0.3, -0.25) is 4.98 Å². The molecule has 0 atom stereocenters. The third-order valence-corrected chi connectivity index (χ3v) is 2.97. The van der Waals surface area contributed by atoms with Crippen molar-refractivity contribution in [3.8, 4) is 16.9 Å². The summed E-state index contributed by atoms with van der Waals surface area (Å²) in [6.07, 6.45) is 3.18. The molecular weight excluding hydrogens is 273 g/mol. The Balaban J connectivity index is 2.19. The highest BCUT2D eigenvalue weighted by Crippen LogP contribution is 2.22. The van der Waals surface area contributed by atoms with Gasteiger partial charge in [-0.25, -0.2) is 13.9 Å². The van der Waals surface area contributed by atoms with Crippen molar-refractivity contribution in [3.63, 3.8) is 0 Å². The largest absolute Gasteiger partial charge is 0.477 e. The normalized spacial score (nSPS) is 10.5. The van der Waals surface area contributed by atoms with Gasteiger partial charge in [-0.2, -0.15) is 5.10 Å². The number of hydrogen-bond acceptors (Lipinski definition) is 3. The highest BCUT2D eigenvalue weighted by molar-refractivity contribution is 5.88. The first-order chi connectivity index (χ1) is 10.2. The predicted molar refractivity (Wildman–Crippen MR) is 73.7 cm³/mol. The molecule has 0 saturated heterocycles. The Morgan fingerprint density at radius 3 is 2.67 bits per heavy atom. The van der Waals surface area contributed by atoms with Gasteiger partial charge in [-0.1, -0.05) is 12.1 Å². The maximum atomic E-state index is 13.9. The molecule has 0 bridgehead atoms. The number of benzene rings is 1. The zero-order valence-electron chi connectivity index (χ0n) is 10.8. The first-order valence-electron chi connectivity index (χ1n) is 6.15. The molecule has 3 aromatic rings. The lowest BCUT2D eigenvalue weighted by molar-refractivity contribution is 0.0687. The van der Waals surface area contributed by atoms with Crippen LogP contribution in [0.15, 0.2) is 54.9 Å². The molecule has 0 saturated carbocycles. The predicted octanol–water partition coefficient (Wildman–Crippen LogP) is 2.77. The van der Waals surface area contributed by atoms with Gasteiger partial charge in [0.1, 0.15) is 11.5 Å². The summed E-state index contributed by atoms with van der Waals surface area (Å²) in [4.78, 5) is 15.3. The van der Waals surface area contributed by atoms with Gasteiger partial charge in [0.05, 0.1) is 5.69 Å². The molecule has 0 radical (unpaired) electrons. The number of pyridine rings is 1. The number of rotatable bonds is 3. The van der Waals surface area contributed by atoms with E-state index in [1.807, 2.05) is 0 Å². The molecule has 0 aliphatic rings. The lowest BCUT2D eigenvalue weighted by atomic mass is 10.2. The van der Waals surface area contributed by atoms with Crippen LogP contribution >= 0.6 is 0 Å². The van der Waals surface area contributed by atoms with Crippen LogP contribution in [0.25, 0.3) is 16.9 Å². The third-order valence-electron chi connectivity index (χ3n) is 2.97. The van der Waals surface area contributed by atoms with E-state index in [0.717, 1.165) is 4.68 Å². The van der Waals surface area contributed by atoms with Gasteiger partial charge in [0, 0.05) is 18.0 Å². The number of halogens is 1. The number of aromatic carboxylic acids is 1. The lowest BCUT2D eigenvalue weighted by Gasteiger charge is -2.05. The fourth-order valence-corrected chi connectivity index (χ4v) is 2.00. The topological polar surface area (TPSA) is 68.0 Å². The minimum atomic E-state index is -1.18. The Kier molecular flexibility index (Phi) is 3.19. The van der Waals surface area contributed by atoms with Crippen molar-refractivity contribution < 1.29 is 14.3 Å². The fraction of sp³-hybridized carbons (Fsp3) is 0. The van der Waals surface area contributed by atoms with Crippen LogP contribution in [-0.2, 0) is 0 Å². The van der Waals surface area contributed by atoms with Crippen molar-refractivity contribution in [3.05, 3.63) is 66.4 Å². The quantitative estimate of drug-likeness (QED) is 0.802. The average molecular weight is 283 g/mol. The van der Waals surface area contributed by atoms with Crippen molar-refractivity contribution in [2.75, 3.05) is 0 Å². The number of nitrogens with zero attached hydrogens (tertiary/aromatic N) is 3. The van der Waals surface area contributed by atoms with Gasteiger partial charge >= 0.3 is 5.97 Å². The molecule has 1 aromatic carbocycles. The summed E-state index contributed by atoms with van der Waals surface area (Å²) < 4.78 is 14.9. The van der Waals surface area contributed by atoms with Crippen molar-refractivity contribution in [1.29, 1.82) is 0 Å². The Morgan fingerprint density at radius 1 is 1.19 bits per heavy atom. The molecule has 0 aliphatic heterocycles. The standard InChI is InChI=1S/C15H10FN3O2/c16-11-5-1-2-6-13(11)19-14(15(20)21)8-12(18-19)10-4-3-7-17-9-10/h1-9H,(H,20,21). The van der Waals surface area contributed by atoms with Gasteiger partial charge in [-0.15, -0.1) is 0 Å². The number of carbonyl (C=O) groups is 1. The maximum absolute atomic E-state index is 13.9. The van der Waals surface area contributed by atoms with Gasteiger partial charge in [-0.05, 0) is 30.3 Å². The molecular formula is C15H10FN3O2. The molecule has 1 N–H and O–H groups in total. The van der Waals surface area contributed by atoms with E-state index >= 15 is 0 Å². The minimum absolute atomic E-state index is 0.0880. The lowest BCUT2D eigenvalue weighted by Crippen LogP contribution is -2.09. The van der Waals surface area contributed by atoms with Gasteiger partial charge < -0.3 is 5.11 Å². The van der Waals surface area contributed by atoms with Crippen LogP contribution in [0, 0.1) is 5.82 Å². The fourth-order valence-electron chi connectivity index (χ4n) is 2.00. The van der Waals surface area contributed by atoms with E-state index in [1.54, 1.807) is 30.6 Å². The Hall–Kier alpha value is -3.02. The first-order valence-corrected chi connectivity index (χ1v) is 6.15. The zero-order valence-corrected chi connectivity index (χ0v) is 10.8. The summed E-state index contributed by atoms with van der Waals surface area (Å²) in [5.74, 6) is -1.72. The van der Waals surface area contributed by atoms with E-state index in [2.05, 4.69) is 10.1 Å². The second-order valence-electron chi connectivity index (χ2n) is 4.32. The van der Waals surface area contributed by atoms with Crippen molar-refractivity contribution in [2.24, 2.45) is 0 Å². The van der Waals surface area contributed by atoms with E-state index in [9.17, 15) is 14.3 Å². The molecule has 3 rings (SSSR count). The molecule has 104 valence electrons. The SMILES string of the molecule is O=C(O)c1cc(-c2cccnc2)nn1-c1ccccc1F. The monoisotopic (exact) mass is 283 g/mol. The van der Waals surface area contributed by atoms with E-state index in [4.69, 9.17) is 0 Å². The van der Waals surface area contributed by atoms with Crippen LogP contribution in [0.4, 0.5) is 4.39 Å².